The summed E-state index contributed by atoms with van der Waals surface area (Å²) in [4.78, 5) is 24.3. The molecule has 0 saturated carbocycles. The summed E-state index contributed by atoms with van der Waals surface area (Å²) in [6.45, 7) is 2.74. The first-order valence-corrected chi connectivity index (χ1v) is 10.2. The number of allylic oxidation sites excluding steroid dienone is 1. The van der Waals surface area contributed by atoms with Gasteiger partial charge in [0.2, 0.25) is 5.78 Å². The second kappa shape index (κ2) is 9.39. The standard InChI is InChI=1S/C26H22O6/c1-3-30-22-7-5-4-6-19(22)14-24-25(27)21-13-12-20(15-23(21)32-24)31-16-17-8-10-18(11-9-17)26(28)29-2/h4-15H,3,16H2,1-2H3. The fourth-order valence-corrected chi connectivity index (χ4v) is 3.31. The molecule has 162 valence electrons. The van der Waals surface area contributed by atoms with Crippen LogP contribution >= 0.6 is 0 Å². The Morgan fingerprint density at radius 1 is 1.00 bits per heavy atom. The first-order chi connectivity index (χ1) is 15.6. The molecule has 1 aliphatic rings. The fourth-order valence-electron chi connectivity index (χ4n) is 3.31. The minimum Gasteiger partial charge on any atom is -0.493 e. The highest BCUT2D eigenvalue weighted by atomic mass is 16.5. The van der Waals surface area contributed by atoms with Crippen LogP contribution in [0.2, 0.25) is 0 Å². The molecule has 0 aliphatic carbocycles. The van der Waals surface area contributed by atoms with Gasteiger partial charge in [-0.15, -0.1) is 0 Å². The maximum Gasteiger partial charge on any atom is 0.337 e. The van der Waals surface area contributed by atoms with Crippen LogP contribution in [0, 0.1) is 0 Å². The summed E-state index contributed by atoms with van der Waals surface area (Å²) in [7, 11) is 1.35. The van der Waals surface area contributed by atoms with E-state index in [1.54, 1.807) is 48.5 Å². The highest BCUT2D eigenvalue weighted by Gasteiger charge is 2.28. The maximum absolute atomic E-state index is 12.8. The van der Waals surface area contributed by atoms with E-state index in [1.165, 1.54) is 7.11 Å². The highest BCUT2D eigenvalue weighted by Crippen LogP contribution is 2.36. The molecule has 0 spiro atoms. The SMILES string of the molecule is CCOc1ccccc1C=C1Oc2cc(OCc3ccc(C(=O)OC)cc3)ccc2C1=O. The molecule has 0 saturated heterocycles. The van der Waals surface area contributed by atoms with Crippen LogP contribution in [0.4, 0.5) is 0 Å². The Morgan fingerprint density at radius 2 is 1.78 bits per heavy atom. The van der Waals surface area contributed by atoms with Crippen molar-refractivity contribution in [2.75, 3.05) is 13.7 Å². The van der Waals surface area contributed by atoms with Crippen molar-refractivity contribution in [1.82, 2.24) is 0 Å². The van der Waals surface area contributed by atoms with Crippen molar-refractivity contribution in [3.05, 3.63) is 94.7 Å². The molecule has 0 aromatic heterocycles. The number of ketones is 1. The third kappa shape index (κ3) is 4.49. The van der Waals surface area contributed by atoms with E-state index in [4.69, 9.17) is 18.9 Å². The first kappa shape index (κ1) is 21.2. The van der Waals surface area contributed by atoms with Crippen molar-refractivity contribution in [1.29, 1.82) is 0 Å². The number of methoxy groups -OCH3 is 1. The molecule has 4 rings (SSSR count). The van der Waals surface area contributed by atoms with Crippen LogP contribution in [-0.4, -0.2) is 25.5 Å². The second-order valence-electron chi connectivity index (χ2n) is 7.05. The normalized spacial score (nSPS) is 13.4. The first-order valence-electron chi connectivity index (χ1n) is 10.2. The molecule has 3 aromatic carbocycles. The number of Topliss-reactive ketones (excluding diaryl/α,β-unsaturated/α-hetero) is 1. The Bertz CT molecular complexity index is 1180. The summed E-state index contributed by atoms with van der Waals surface area (Å²) in [5.74, 6) is 1.39. The quantitative estimate of drug-likeness (QED) is 0.385. The molecule has 6 nitrogen and oxygen atoms in total. The third-order valence-corrected chi connectivity index (χ3v) is 4.93. The zero-order chi connectivity index (χ0) is 22.5. The lowest BCUT2D eigenvalue weighted by atomic mass is 10.1. The van der Waals surface area contributed by atoms with Crippen molar-refractivity contribution in [2.45, 2.75) is 13.5 Å². The van der Waals surface area contributed by atoms with E-state index in [9.17, 15) is 9.59 Å². The van der Waals surface area contributed by atoms with Crippen LogP contribution in [0.15, 0.2) is 72.5 Å². The van der Waals surface area contributed by atoms with Crippen LogP contribution in [0.25, 0.3) is 6.08 Å². The lowest BCUT2D eigenvalue weighted by Crippen LogP contribution is -2.02. The monoisotopic (exact) mass is 430 g/mol. The minimum atomic E-state index is -0.384. The van der Waals surface area contributed by atoms with E-state index in [-0.39, 0.29) is 17.5 Å². The molecule has 0 atom stereocenters. The van der Waals surface area contributed by atoms with E-state index in [0.717, 1.165) is 11.1 Å². The van der Waals surface area contributed by atoms with Crippen LogP contribution in [-0.2, 0) is 11.3 Å². The Labute approximate surface area is 186 Å². The van der Waals surface area contributed by atoms with Gasteiger partial charge in [0, 0.05) is 11.6 Å². The molecular formula is C26H22O6. The van der Waals surface area contributed by atoms with Gasteiger partial charge in [-0.25, -0.2) is 4.79 Å². The molecule has 0 fully saturated rings. The maximum atomic E-state index is 12.8. The summed E-state index contributed by atoms with van der Waals surface area (Å²) in [6, 6.07) is 19.6. The number of esters is 1. The molecule has 0 radical (unpaired) electrons. The number of ether oxygens (including phenoxy) is 4. The number of hydrogen-bond donors (Lipinski definition) is 0. The Hall–Kier alpha value is -4.06. The molecular weight excluding hydrogens is 408 g/mol. The van der Waals surface area contributed by atoms with Gasteiger partial charge >= 0.3 is 5.97 Å². The molecule has 0 amide bonds. The molecule has 0 bridgehead atoms. The number of fused-ring (bicyclic) bond motifs is 1. The van der Waals surface area contributed by atoms with E-state index in [0.29, 0.717) is 41.6 Å². The summed E-state index contributed by atoms with van der Waals surface area (Å²) in [5, 5.41) is 0. The van der Waals surface area contributed by atoms with Gasteiger partial charge in [-0.3, -0.25) is 4.79 Å². The molecule has 32 heavy (non-hydrogen) atoms. The van der Waals surface area contributed by atoms with Crippen molar-refractivity contribution < 1.29 is 28.5 Å². The van der Waals surface area contributed by atoms with Crippen molar-refractivity contribution >= 4 is 17.8 Å². The number of benzene rings is 3. The predicted molar refractivity (Wildman–Crippen MR) is 119 cm³/mol. The van der Waals surface area contributed by atoms with Gasteiger partial charge < -0.3 is 18.9 Å². The molecule has 0 unspecified atom stereocenters. The number of carbonyl (C=O) groups is 2. The highest BCUT2D eigenvalue weighted by molar-refractivity contribution is 6.14. The number of carbonyl (C=O) groups excluding carboxylic acids is 2. The zero-order valence-corrected chi connectivity index (χ0v) is 17.8. The minimum absolute atomic E-state index is 0.184. The van der Waals surface area contributed by atoms with Crippen LogP contribution in [0.1, 0.15) is 38.8 Å². The average molecular weight is 430 g/mol. The third-order valence-electron chi connectivity index (χ3n) is 4.93. The van der Waals surface area contributed by atoms with E-state index in [2.05, 4.69) is 0 Å². The largest absolute Gasteiger partial charge is 0.493 e. The lowest BCUT2D eigenvalue weighted by Gasteiger charge is -2.08. The predicted octanol–water partition coefficient (Wildman–Crippen LogP) is 5.07. The molecule has 1 heterocycles. The summed E-state index contributed by atoms with van der Waals surface area (Å²) in [5.41, 5.74) is 2.63. The average Bonchev–Trinajstić information content (AvgIpc) is 3.13. The van der Waals surface area contributed by atoms with Gasteiger partial charge in [-0.2, -0.15) is 0 Å². The molecule has 3 aromatic rings. The van der Waals surface area contributed by atoms with E-state index in [1.807, 2.05) is 31.2 Å². The topological polar surface area (TPSA) is 71.1 Å². The van der Waals surface area contributed by atoms with Crippen LogP contribution in [0.5, 0.6) is 17.2 Å². The Kier molecular flexibility index (Phi) is 6.22. The van der Waals surface area contributed by atoms with Gasteiger partial charge in [0.1, 0.15) is 23.9 Å². The van der Waals surface area contributed by atoms with Gasteiger partial charge in [-0.05, 0) is 48.9 Å². The summed E-state index contributed by atoms with van der Waals surface area (Å²) in [6.07, 6.45) is 1.69. The molecule has 6 heteroatoms. The molecule has 0 N–H and O–H groups in total. The Morgan fingerprint density at radius 3 is 2.53 bits per heavy atom. The van der Waals surface area contributed by atoms with Crippen molar-refractivity contribution in [3.8, 4) is 17.2 Å². The number of hydrogen-bond acceptors (Lipinski definition) is 6. The number of para-hydroxylation sites is 1. The second-order valence-corrected chi connectivity index (χ2v) is 7.05. The summed E-state index contributed by atoms with van der Waals surface area (Å²) >= 11 is 0. The summed E-state index contributed by atoms with van der Waals surface area (Å²) < 4.78 is 22.0. The fraction of sp³-hybridized carbons (Fsp3) is 0.154. The van der Waals surface area contributed by atoms with E-state index < -0.39 is 0 Å². The molecule has 1 aliphatic heterocycles. The Balaban J connectivity index is 1.47. The van der Waals surface area contributed by atoms with E-state index >= 15 is 0 Å². The van der Waals surface area contributed by atoms with Crippen LogP contribution in [0.3, 0.4) is 0 Å². The number of rotatable bonds is 7. The van der Waals surface area contributed by atoms with Crippen LogP contribution < -0.4 is 14.2 Å². The van der Waals surface area contributed by atoms with Gasteiger partial charge in [-0.1, -0.05) is 30.3 Å². The van der Waals surface area contributed by atoms with Crippen molar-refractivity contribution in [3.63, 3.8) is 0 Å². The zero-order valence-electron chi connectivity index (χ0n) is 17.8. The lowest BCUT2D eigenvalue weighted by molar-refractivity contribution is 0.0600. The van der Waals surface area contributed by atoms with Gasteiger partial charge in [0.15, 0.2) is 5.76 Å². The smallest absolute Gasteiger partial charge is 0.337 e. The van der Waals surface area contributed by atoms with Gasteiger partial charge in [0.05, 0.1) is 24.8 Å². The van der Waals surface area contributed by atoms with Gasteiger partial charge in [0.25, 0.3) is 0 Å². The van der Waals surface area contributed by atoms with Crippen molar-refractivity contribution in [2.24, 2.45) is 0 Å².